The fraction of sp³-hybridized carbons (Fsp3) is 0.273. The SMILES string of the molecule is O=S(=O)(NCC(c1ccco1)N1CCN(c2ccccc2F)CC1)c1cc(F)ccc1F. The maximum Gasteiger partial charge on any atom is 0.243 e. The highest BCUT2D eigenvalue weighted by molar-refractivity contribution is 7.89. The molecule has 6 nitrogen and oxygen atoms in total. The van der Waals surface area contributed by atoms with Gasteiger partial charge < -0.3 is 9.32 Å². The maximum atomic E-state index is 14.1. The fourth-order valence-electron chi connectivity index (χ4n) is 3.82. The van der Waals surface area contributed by atoms with E-state index in [0.29, 0.717) is 43.7 Å². The second-order valence-electron chi connectivity index (χ2n) is 7.43. The summed E-state index contributed by atoms with van der Waals surface area (Å²) in [5.74, 6) is -1.65. The molecule has 1 fully saturated rings. The lowest BCUT2D eigenvalue weighted by Crippen LogP contribution is -2.50. The maximum absolute atomic E-state index is 14.1. The first-order chi connectivity index (χ1) is 15.3. The number of benzene rings is 2. The molecule has 1 aromatic heterocycles. The third kappa shape index (κ3) is 4.82. The Kier molecular flexibility index (Phi) is 6.54. The van der Waals surface area contributed by atoms with Crippen LogP contribution in [-0.2, 0) is 10.0 Å². The topological polar surface area (TPSA) is 65.8 Å². The van der Waals surface area contributed by atoms with Crippen LogP contribution in [0.4, 0.5) is 18.9 Å². The number of nitrogens with one attached hydrogen (secondary N) is 1. The molecule has 1 aliphatic heterocycles. The van der Waals surface area contributed by atoms with Crippen molar-refractivity contribution in [3.05, 3.63) is 84.1 Å². The van der Waals surface area contributed by atoms with E-state index >= 15 is 0 Å². The van der Waals surface area contributed by atoms with Crippen molar-refractivity contribution in [3.8, 4) is 0 Å². The lowest BCUT2D eigenvalue weighted by molar-refractivity contribution is 0.166. The Morgan fingerprint density at radius 2 is 1.69 bits per heavy atom. The van der Waals surface area contributed by atoms with Gasteiger partial charge in [-0.15, -0.1) is 0 Å². The molecule has 10 heteroatoms. The minimum Gasteiger partial charge on any atom is -0.468 e. The van der Waals surface area contributed by atoms with Crippen LogP contribution in [0.1, 0.15) is 11.8 Å². The number of halogens is 3. The number of nitrogens with zero attached hydrogens (tertiary/aromatic N) is 2. The highest BCUT2D eigenvalue weighted by atomic mass is 32.2. The van der Waals surface area contributed by atoms with Crippen molar-refractivity contribution in [1.29, 1.82) is 0 Å². The molecule has 2 heterocycles. The summed E-state index contributed by atoms with van der Waals surface area (Å²) in [6, 6.07) is 11.8. The average molecular weight is 465 g/mol. The van der Waals surface area contributed by atoms with Gasteiger partial charge in [-0.3, -0.25) is 4.90 Å². The summed E-state index contributed by atoms with van der Waals surface area (Å²) in [6.07, 6.45) is 1.48. The monoisotopic (exact) mass is 465 g/mol. The number of hydrogen-bond acceptors (Lipinski definition) is 5. The summed E-state index contributed by atoms with van der Waals surface area (Å²) < 4.78 is 74.7. The summed E-state index contributed by atoms with van der Waals surface area (Å²) in [5, 5.41) is 0. The van der Waals surface area contributed by atoms with Gasteiger partial charge in [-0.05, 0) is 42.5 Å². The molecule has 1 aliphatic rings. The van der Waals surface area contributed by atoms with Crippen molar-refractivity contribution < 1.29 is 26.0 Å². The average Bonchev–Trinajstić information content (AvgIpc) is 3.31. The zero-order valence-electron chi connectivity index (χ0n) is 17.0. The van der Waals surface area contributed by atoms with E-state index in [-0.39, 0.29) is 12.4 Å². The Labute approximate surface area is 184 Å². The number of hydrogen-bond donors (Lipinski definition) is 1. The van der Waals surface area contributed by atoms with E-state index in [4.69, 9.17) is 4.42 Å². The normalized spacial score (nSPS) is 16.3. The van der Waals surface area contributed by atoms with Gasteiger partial charge in [0.15, 0.2) is 0 Å². The van der Waals surface area contributed by atoms with Gasteiger partial charge in [0, 0.05) is 32.7 Å². The van der Waals surface area contributed by atoms with E-state index < -0.39 is 32.6 Å². The van der Waals surface area contributed by atoms with Crippen molar-refractivity contribution in [2.45, 2.75) is 10.9 Å². The van der Waals surface area contributed by atoms with Crippen LogP contribution in [0.15, 0.2) is 70.2 Å². The second-order valence-corrected chi connectivity index (χ2v) is 9.17. The molecular formula is C22H22F3N3O3S. The smallest absolute Gasteiger partial charge is 0.243 e. The van der Waals surface area contributed by atoms with Gasteiger partial charge in [0.2, 0.25) is 10.0 Å². The van der Waals surface area contributed by atoms with Gasteiger partial charge in [0.25, 0.3) is 0 Å². The first-order valence-corrected chi connectivity index (χ1v) is 11.5. The van der Waals surface area contributed by atoms with Crippen molar-refractivity contribution in [2.75, 3.05) is 37.6 Å². The molecule has 0 spiro atoms. The van der Waals surface area contributed by atoms with Crippen molar-refractivity contribution >= 4 is 15.7 Å². The fourth-order valence-corrected chi connectivity index (χ4v) is 4.95. The molecule has 1 unspecified atom stereocenters. The lowest BCUT2D eigenvalue weighted by Gasteiger charge is -2.39. The molecule has 2 aromatic carbocycles. The van der Waals surface area contributed by atoms with E-state index in [1.165, 1.54) is 12.3 Å². The van der Waals surface area contributed by atoms with Gasteiger partial charge in [0.05, 0.1) is 18.0 Å². The van der Waals surface area contributed by atoms with Gasteiger partial charge >= 0.3 is 0 Å². The lowest BCUT2D eigenvalue weighted by atomic mass is 10.1. The third-order valence-electron chi connectivity index (χ3n) is 5.47. The zero-order valence-corrected chi connectivity index (χ0v) is 17.9. The van der Waals surface area contributed by atoms with E-state index in [2.05, 4.69) is 4.72 Å². The number of sulfonamides is 1. The van der Waals surface area contributed by atoms with Crippen LogP contribution in [0.3, 0.4) is 0 Å². The molecule has 0 saturated carbocycles. The predicted octanol–water partition coefficient (Wildman–Crippen LogP) is 3.54. The largest absolute Gasteiger partial charge is 0.468 e. The van der Waals surface area contributed by atoms with Gasteiger partial charge in [0.1, 0.15) is 28.1 Å². The predicted molar refractivity (Wildman–Crippen MR) is 113 cm³/mol. The van der Waals surface area contributed by atoms with Gasteiger partial charge in [-0.1, -0.05) is 12.1 Å². The Morgan fingerprint density at radius 1 is 0.938 bits per heavy atom. The molecule has 3 aromatic rings. The highest BCUT2D eigenvalue weighted by Crippen LogP contribution is 2.26. The van der Waals surface area contributed by atoms with Crippen molar-refractivity contribution in [2.24, 2.45) is 0 Å². The second kappa shape index (κ2) is 9.35. The molecule has 4 rings (SSSR count). The van der Waals surface area contributed by atoms with E-state index in [1.807, 2.05) is 9.80 Å². The van der Waals surface area contributed by atoms with Crippen LogP contribution in [0.2, 0.25) is 0 Å². The Hall–Kier alpha value is -2.82. The van der Waals surface area contributed by atoms with Gasteiger partial charge in [-0.2, -0.15) is 0 Å². The molecule has 1 N–H and O–H groups in total. The van der Waals surface area contributed by atoms with Gasteiger partial charge in [-0.25, -0.2) is 26.3 Å². The number of anilines is 1. The number of para-hydroxylation sites is 1. The number of rotatable bonds is 7. The molecule has 0 radical (unpaired) electrons. The first kappa shape index (κ1) is 22.4. The van der Waals surface area contributed by atoms with E-state index in [0.717, 1.165) is 12.1 Å². The minimum absolute atomic E-state index is 0.106. The Bertz CT molecular complexity index is 1160. The minimum atomic E-state index is -4.29. The Balaban J connectivity index is 1.48. The van der Waals surface area contributed by atoms with Crippen LogP contribution in [0.5, 0.6) is 0 Å². The standard InChI is InChI=1S/C22H22F3N3O3S/c23-16-7-8-18(25)22(14-16)32(29,30)26-15-20(21-6-3-13-31-21)28-11-9-27(10-12-28)19-5-2-1-4-17(19)24/h1-8,13-14,20,26H,9-12,15H2. The molecule has 0 amide bonds. The molecule has 1 saturated heterocycles. The molecule has 170 valence electrons. The summed E-state index contributed by atoms with van der Waals surface area (Å²) in [7, 11) is -4.29. The van der Waals surface area contributed by atoms with Crippen LogP contribution in [-0.4, -0.2) is 46.0 Å². The molecule has 0 bridgehead atoms. The quantitative estimate of drug-likeness (QED) is 0.578. The van der Waals surface area contributed by atoms with Crippen molar-refractivity contribution in [1.82, 2.24) is 9.62 Å². The molecule has 1 atom stereocenters. The Morgan fingerprint density at radius 3 is 2.38 bits per heavy atom. The summed E-state index contributed by atoms with van der Waals surface area (Å²) in [5.41, 5.74) is 0.518. The summed E-state index contributed by atoms with van der Waals surface area (Å²) >= 11 is 0. The summed E-state index contributed by atoms with van der Waals surface area (Å²) in [4.78, 5) is 3.19. The molecular weight excluding hydrogens is 443 g/mol. The van der Waals surface area contributed by atoms with E-state index in [9.17, 15) is 21.6 Å². The number of piperazine rings is 1. The first-order valence-electron chi connectivity index (χ1n) is 10.1. The molecule has 32 heavy (non-hydrogen) atoms. The van der Waals surface area contributed by atoms with E-state index in [1.54, 1.807) is 30.3 Å². The highest BCUT2D eigenvalue weighted by Gasteiger charge is 2.30. The van der Waals surface area contributed by atoms with Crippen LogP contribution >= 0.6 is 0 Å². The van der Waals surface area contributed by atoms with Crippen LogP contribution in [0.25, 0.3) is 0 Å². The molecule has 0 aliphatic carbocycles. The number of furan rings is 1. The van der Waals surface area contributed by atoms with Crippen LogP contribution in [0, 0.1) is 17.5 Å². The zero-order chi connectivity index (χ0) is 22.7. The van der Waals surface area contributed by atoms with Crippen LogP contribution < -0.4 is 9.62 Å². The third-order valence-corrected chi connectivity index (χ3v) is 6.91. The summed E-state index contributed by atoms with van der Waals surface area (Å²) in [6.45, 7) is 2.00. The van der Waals surface area contributed by atoms with Crippen molar-refractivity contribution in [3.63, 3.8) is 0 Å².